The smallest absolute Gasteiger partial charge is 0.233 e. The molecule has 7 nitrogen and oxygen atoms in total. The molecule has 2 saturated heterocycles. The Morgan fingerprint density at radius 3 is 2.42 bits per heavy atom. The molecular formula is C24H26N4O3. The lowest BCUT2D eigenvalue weighted by atomic mass is 9.72. The number of carbonyl (C=O) groups is 1. The number of rotatable bonds is 6. The molecule has 3 heterocycles. The number of ether oxygens (including phenoxy) is 2. The van der Waals surface area contributed by atoms with Crippen LogP contribution in [0.1, 0.15) is 30.1 Å². The lowest BCUT2D eigenvalue weighted by molar-refractivity contribution is -0.147. The van der Waals surface area contributed by atoms with E-state index < -0.39 is 5.41 Å². The molecule has 2 aliphatic heterocycles. The lowest BCUT2D eigenvalue weighted by Gasteiger charge is -2.46. The zero-order chi connectivity index (χ0) is 21.1. The van der Waals surface area contributed by atoms with Crippen molar-refractivity contribution in [3.63, 3.8) is 0 Å². The van der Waals surface area contributed by atoms with Crippen molar-refractivity contribution in [2.24, 2.45) is 0 Å². The van der Waals surface area contributed by atoms with Crippen molar-refractivity contribution < 1.29 is 14.3 Å². The van der Waals surface area contributed by atoms with Crippen molar-refractivity contribution in [3.05, 3.63) is 78.1 Å². The molecule has 0 N–H and O–H groups in total. The van der Waals surface area contributed by atoms with Crippen molar-refractivity contribution >= 4 is 5.91 Å². The maximum Gasteiger partial charge on any atom is 0.233 e. The van der Waals surface area contributed by atoms with Crippen molar-refractivity contribution in [2.75, 3.05) is 26.3 Å². The van der Waals surface area contributed by atoms with Crippen LogP contribution in [0.15, 0.2) is 66.9 Å². The number of hydrogen-bond acceptors (Lipinski definition) is 5. The van der Waals surface area contributed by atoms with Crippen LogP contribution in [0.5, 0.6) is 5.75 Å². The van der Waals surface area contributed by atoms with Gasteiger partial charge in [0.25, 0.3) is 0 Å². The number of carbonyl (C=O) groups excluding carboxylic acids is 1. The topological polar surface area (TPSA) is 69.5 Å². The Balaban J connectivity index is 1.22. The zero-order valence-corrected chi connectivity index (χ0v) is 17.4. The minimum atomic E-state index is -0.485. The van der Waals surface area contributed by atoms with Crippen LogP contribution in [0.3, 0.4) is 0 Å². The fourth-order valence-electron chi connectivity index (χ4n) is 4.43. The van der Waals surface area contributed by atoms with Crippen molar-refractivity contribution in [1.82, 2.24) is 19.9 Å². The van der Waals surface area contributed by atoms with Crippen molar-refractivity contribution in [2.45, 2.75) is 30.9 Å². The Morgan fingerprint density at radius 2 is 1.71 bits per heavy atom. The lowest BCUT2D eigenvalue weighted by Crippen LogP contribution is -2.58. The summed E-state index contributed by atoms with van der Waals surface area (Å²) in [6.45, 7) is 2.90. The van der Waals surface area contributed by atoms with E-state index in [0.717, 1.165) is 29.8 Å². The van der Waals surface area contributed by atoms with Crippen LogP contribution in [0.2, 0.25) is 0 Å². The maximum atomic E-state index is 13.5. The van der Waals surface area contributed by atoms with Gasteiger partial charge in [0.15, 0.2) is 0 Å². The highest BCUT2D eigenvalue weighted by Gasteiger charge is 2.47. The fourth-order valence-corrected chi connectivity index (χ4v) is 4.43. The summed E-state index contributed by atoms with van der Waals surface area (Å²) in [6, 6.07) is 19.9. The molecule has 2 fully saturated rings. The number of para-hydroxylation sites is 1. The van der Waals surface area contributed by atoms with E-state index in [0.29, 0.717) is 32.9 Å². The highest BCUT2D eigenvalue weighted by molar-refractivity contribution is 5.89. The normalized spacial score (nSPS) is 18.4. The molecule has 31 heavy (non-hydrogen) atoms. The Bertz CT molecular complexity index is 1010. The molecule has 1 amide bonds. The zero-order valence-electron chi connectivity index (χ0n) is 17.4. The van der Waals surface area contributed by atoms with E-state index in [1.165, 1.54) is 0 Å². The Labute approximate surface area is 181 Å². The first-order valence-corrected chi connectivity index (χ1v) is 10.8. The van der Waals surface area contributed by atoms with E-state index in [9.17, 15) is 4.79 Å². The summed E-state index contributed by atoms with van der Waals surface area (Å²) in [4.78, 5) is 15.5. The second-order valence-electron chi connectivity index (χ2n) is 8.22. The van der Waals surface area contributed by atoms with Crippen LogP contribution >= 0.6 is 0 Å². The summed E-state index contributed by atoms with van der Waals surface area (Å²) >= 11 is 0. The number of nitrogens with zero attached hydrogens (tertiary/aromatic N) is 4. The van der Waals surface area contributed by atoms with Gasteiger partial charge in [-0.1, -0.05) is 53.7 Å². The van der Waals surface area contributed by atoms with E-state index in [2.05, 4.69) is 22.4 Å². The quantitative estimate of drug-likeness (QED) is 0.616. The molecule has 0 saturated carbocycles. The highest BCUT2D eigenvalue weighted by atomic mass is 16.5. The molecule has 0 spiro atoms. The third kappa shape index (κ3) is 3.93. The number of hydrogen-bond donors (Lipinski definition) is 0. The first-order chi connectivity index (χ1) is 15.2. The molecular weight excluding hydrogens is 392 g/mol. The first-order valence-electron chi connectivity index (χ1n) is 10.8. The molecule has 0 aliphatic carbocycles. The highest BCUT2D eigenvalue weighted by Crippen LogP contribution is 2.39. The Hall–Kier alpha value is -3.19. The summed E-state index contributed by atoms with van der Waals surface area (Å²) in [7, 11) is 0. The molecule has 0 bridgehead atoms. The third-order valence-corrected chi connectivity index (χ3v) is 6.29. The predicted octanol–water partition coefficient (Wildman–Crippen LogP) is 2.99. The van der Waals surface area contributed by atoms with E-state index in [4.69, 9.17) is 9.47 Å². The van der Waals surface area contributed by atoms with Crippen LogP contribution in [0.4, 0.5) is 0 Å². The van der Waals surface area contributed by atoms with Crippen molar-refractivity contribution in [3.8, 4) is 5.75 Å². The standard InChI is InChI=1S/C24H26N4O3/c29-23(24(11-13-30-14-12-24)19-7-3-1-4-8-19)27-16-21(17-27)28-15-20(25-26-28)18-31-22-9-5-2-6-10-22/h1-10,15,21H,11-14,16-18H2. The van der Waals surface area contributed by atoms with Gasteiger partial charge >= 0.3 is 0 Å². The number of likely N-dealkylation sites (tertiary alicyclic amines) is 1. The second kappa shape index (κ2) is 8.51. The second-order valence-corrected chi connectivity index (χ2v) is 8.22. The first kappa shape index (κ1) is 19.8. The van der Waals surface area contributed by atoms with Gasteiger partial charge in [0.1, 0.15) is 18.1 Å². The van der Waals surface area contributed by atoms with Gasteiger partial charge in [0.2, 0.25) is 5.91 Å². The maximum absolute atomic E-state index is 13.5. The molecule has 0 unspecified atom stereocenters. The van der Waals surface area contributed by atoms with Crippen LogP contribution in [-0.4, -0.2) is 52.1 Å². The molecule has 3 aromatic rings. The average Bonchev–Trinajstić information content (AvgIpc) is 3.27. The van der Waals surface area contributed by atoms with Gasteiger partial charge in [-0.05, 0) is 30.5 Å². The minimum absolute atomic E-state index is 0.148. The van der Waals surface area contributed by atoms with Gasteiger partial charge in [-0.2, -0.15) is 0 Å². The number of aromatic nitrogens is 3. The molecule has 1 aromatic heterocycles. The molecule has 2 aromatic carbocycles. The summed E-state index contributed by atoms with van der Waals surface area (Å²) in [5.41, 5.74) is 1.38. The molecule has 7 heteroatoms. The van der Waals surface area contributed by atoms with Crippen LogP contribution < -0.4 is 4.74 Å². The van der Waals surface area contributed by atoms with E-state index in [-0.39, 0.29) is 11.9 Å². The van der Waals surface area contributed by atoms with E-state index in [1.807, 2.05) is 64.3 Å². The molecule has 0 radical (unpaired) electrons. The van der Waals surface area contributed by atoms with Crippen LogP contribution in [0.25, 0.3) is 0 Å². The monoisotopic (exact) mass is 418 g/mol. The van der Waals surface area contributed by atoms with E-state index in [1.54, 1.807) is 0 Å². The van der Waals surface area contributed by atoms with Gasteiger partial charge in [0.05, 0.1) is 17.7 Å². The van der Waals surface area contributed by atoms with Gasteiger partial charge in [-0.3, -0.25) is 4.79 Å². The van der Waals surface area contributed by atoms with Gasteiger partial charge in [0, 0.05) is 26.3 Å². The van der Waals surface area contributed by atoms with Crippen LogP contribution in [0, 0.1) is 0 Å². The summed E-state index contributed by atoms with van der Waals surface area (Å²) in [5, 5.41) is 8.48. The predicted molar refractivity (Wildman–Crippen MR) is 115 cm³/mol. The molecule has 2 aliphatic rings. The van der Waals surface area contributed by atoms with Crippen molar-refractivity contribution in [1.29, 1.82) is 0 Å². The summed E-state index contributed by atoms with van der Waals surface area (Å²) in [6.07, 6.45) is 3.36. The Kier molecular flexibility index (Phi) is 5.42. The van der Waals surface area contributed by atoms with Crippen LogP contribution in [-0.2, 0) is 21.6 Å². The Morgan fingerprint density at radius 1 is 1.03 bits per heavy atom. The van der Waals surface area contributed by atoms with Gasteiger partial charge < -0.3 is 14.4 Å². The largest absolute Gasteiger partial charge is 0.487 e. The molecule has 5 rings (SSSR count). The number of benzene rings is 2. The van der Waals surface area contributed by atoms with Gasteiger partial charge in [-0.25, -0.2) is 4.68 Å². The number of amides is 1. The van der Waals surface area contributed by atoms with E-state index >= 15 is 0 Å². The molecule has 160 valence electrons. The third-order valence-electron chi connectivity index (χ3n) is 6.29. The van der Waals surface area contributed by atoms with Gasteiger partial charge in [-0.15, -0.1) is 5.10 Å². The average molecular weight is 418 g/mol. The molecule has 0 atom stereocenters. The summed E-state index contributed by atoms with van der Waals surface area (Å²) in [5.74, 6) is 1.01. The SMILES string of the molecule is O=C(N1CC(n2cc(COc3ccccc3)nn2)C1)C1(c2ccccc2)CCOCC1. The summed E-state index contributed by atoms with van der Waals surface area (Å²) < 4.78 is 13.2. The fraction of sp³-hybridized carbons (Fsp3) is 0.375. The minimum Gasteiger partial charge on any atom is -0.487 e.